The Kier molecular flexibility index (Phi) is 9.18. The van der Waals surface area contributed by atoms with Crippen LogP contribution in [0.25, 0.3) is 0 Å². The lowest BCUT2D eigenvalue weighted by atomic mass is 10.0. The highest BCUT2D eigenvalue weighted by Crippen LogP contribution is 2.29. The zero-order valence-electron chi connectivity index (χ0n) is 21.7. The standard InChI is InChI=1S/C30H29FN4O4/c1-38-26-13-8-21(18-27(26)39-2)14-17-35(30(37)25-20-32-15-16-33-25)28(23-9-11-24(31)12-10-23)29(36)34-19-22-6-4-3-5-7-22/h3-13,15-16,18,20,28H,14,17,19H2,1-2H3,(H,34,36)/t28-/m0/s1. The van der Waals surface area contributed by atoms with Crippen LogP contribution in [0.4, 0.5) is 4.39 Å². The number of hydrogen-bond donors (Lipinski definition) is 1. The van der Waals surface area contributed by atoms with Gasteiger partial charge in [-0.1, -0.05) is 48.5 Å². The summed E-state index contributed by atoms with van der Waals surface area (Å²) in [5, 5.41) is 2.93. The number of benzene rings is 3. The Labute approximate surface area is 226 Å². The van der Waals surface area contributed by atoms with E-state index in [-0.39, 0.29) is 18.8 Å². The maximum Gasteiger partial charge on any atom is 0.275 e. The minimum Gasteiger partial charge on any atom is -0.493 e. The number of nitrogens with zero attached hydrogens (tertiary/aromatic N) is 3. The van der Waals surface area contributed by atoms with E-state index in [0.717, 1.165) is 11.1 Å². The SMILES string of the molecule is COc1ccc(CCN(C(=O)c2cnccn2)[C@H](C(=O)NCc2ccccc2)c2ccc(F)cc2)cc1OC. The summed E-state index contributed by atoms with van der Waals surface area (Å²) in [6.07, 6.45) is 4.64. The topological polar surface area (TPSA) is 93.7 Å². The van der Waals surface area contributed by atoms with E-state index >= 15 is 0 Å². The molecule has 4 aromatic rings. The number of ether oxygens (including phenoxy) is 2. The van der Waals surface area contributed by atoms with Crippen LogP contribution < -0.4 is 14.8 Å². The molecule has 1 aromatic heterocycles. The van der Waals surface area contributed by atoms with Gasteiger partial charge in [-0.2, -0.15) is 0 Å². The van der Waals surface area contributed by atoms with E-state index in [0.29, 0.717) is 23.5 Å². The fourth-order valence-electron chi connectivity index (χ4n) is 4.19. The number of nitrogens with one attached hydrogen (secondary N) is 1. The van der Waals surface area contributed by atoms with Crippen molar-refractivity contribution in [2.75, 3.05) is 20.8 Å². The van der Waals surface area contributed by atoms with Crippen molar-refractivity contribution in [3.8, 4) is 11.5 Å². The van der Waals surface area contributed by atoms with E-state index in [1.807, 2.05) is 42.5 Å². The molecule has 0 saturated heterocycles. The van der Waals surface area contributed by atoms with E-state index < -0.39 is 23.7 Å². The molecule has 1 heterocycles. The Balaban J connectivity index is 1.69. The lowest BCUT2D eigenvalue weighted by Crippen LogP contribution is -2.44. The first-order valence-electron chi connectivity index (χ1n) is 12.3. The highest BCUT2D eigenvalue weighted by molar-refractivity contribution is 5.96. The van der Waals surface area contributed by atoms with Crippen molar-refractivity contribution >= 4 is 11.8 Å². The van der Waals surface area contributed by atoms with E-state index in [1.54, 1.807) is 20.3 Å². The molecular weight excluding hydrogens is 499 g/mol. The molecule has 0 spiro atoms. The van der Waals surface area contributed by atoms with E-state index in [9.17, 15) is 14.0 Å². The van der Waals surface area contributed by atoms with Gasteiger partial charge in [0.25, 0.3) is 5.91 Å². The zero-order valence-corrected chi connectivity index (χ0v) is 21.7. The van der Waals surface area contributed by atoms with Gasteiger partial charge in [-0.15, -0.1) is 0 Å². The molecule has 200 valence electrons. The van der Waals surface area contributed by atoms with Crippen LogP contribution in [0.15, 0.2) is 91.4 Å². The summed E-state index contributed by atoms with van der Waals surface area (Å²) in [6.45, 7) is 0.423. The number of carbonyl (C=O) groups excluding carboxylic acids is 2. The molecule has 4 rings (SSSR count). The zero-order chi connectivity index (χ0) is 27.6. The van der Waals surface area contributed by atoms with Crippen LogP contribution in [0.3, 0.4) is 0 Å². The molecule has 0 radical (unpaired) electrons. The monoisotopic (exact) mass is 528 g/mol. The van der Waals surface area contributed by atoms with Gasteiger partial charge in [-0.25, -0.2) is 9.37 Å². The summed E-state index contributed by atoms with van der Waals surface area (Å²) >= 11 is 0. The highest BCUT2D eigenvalue weighted by atomic mass is 19.1. The fourth-order valence-corrected chi connectivity index (χ4v) is 4.19. The second kappa shape index (κ2) is 13.1. The Morgan fingerprint density at radius 1 is 0.923 bits per heavy atom. The Morgan fingerprint density at radius 3 is 2.33 bits per heavy atom. The third-order valence-electron chi connectivity index (χ3n) is 6.19. The maximum atomic E-state index is 13.8. The first-order valence-corrected chi connectivity index (χ1v) is 12.3. The number of rotatable bonds is 11. The number of amides is 2. The fraction of sp³-hybridized carbons (Fsp3) is 0.200. The van der Waals surface area contributed by atoms with Crippen LogP contribution in [0.2, 0.25) is 0 Å². The predicted molar refractivity (Wildman–Crippen MR) is 144 cm³/mol. The molecular formula is C30H29FN4O4. The van der Waals surface area contributed by atoms with Crippen molar-refractivity contribution in [3.63, 3.8) is 0 Å². The van der Waals surface area contributed by atoms with Gasteiger partial charge in [0.05, 0.1) is 20.4 Å². The highest BCUT2D eigenvalue weighted by Gasteiger charge is 2.32. The second-order valence-electron chi connectivity index (χ2n) is 8.69. The lowest BCUT2D eigenvalue weighted by molar-refractivity contribution is -0.126. The van der Waals surface area contributed by atoms with Crippen molar-refractivity contribution in [2.45, 2.75) is 19.0 Å². The van der Waals surface area contributed by atoms with Gasteiger partial charge in [0, 0.05) is 25.5 Å². The van der Waals surface area contributed by atoms with Crippen LogP contribution in [0, 0.1) is 5.82 Å². The molecule has 8 nitrogen and oxygen atoms in total. The molecule has 9 heteroatoms. The molecule has 1 N–H and O–H groups in total. The van der Waals surface area contributed by atoms with Crippen molar-refractivity contribution in [1.82, 2.24) is 20.2 Å². The molecule has 1 atom stereocenters. The van der Waals surface area contributed by atoms with Gasteiger partial charge in [0.15, 0.2) is 11.5 Å². The summed E-state index contributed by atoms with van der Waals surface area (Å²) in [6, 6.07) is 19.4. The molecule has 0 unspecified atom stereocenters. The van der Waals surface area contributed by atoms with Gasteiger partial charge in [0.1, 0.15) is 17.6 Å². The smallest absolute Gasteiger partial charge is 0.275 e. The third-order valence-corrected chi connectivity index (χ3v) is 6.19. The van der Waals surface area contributed by atoms with Crippen LogP contribution in [0.5, 0.6) is 11.5 Å². The summed E-state index contributed by atoms with van der Waals surface area (Å²) in [7, 11) is 3.10. The molecule has 2 amide bonds. The van der Waals surface area contributed by atoms with Gasteiger partial charge in [-0.05, 0) is 47.4 Å². The number of methoxy groups -OCH3 is 2. The van der Waals surface area contributed by atoms with Crippen LogP contribution in [0.1, 0.15) is 33.2 Å². The molecule has 0 saturated carbocycles. The van der Waals surface area contributed by atoms with Gasteiger partial charge in [-0.3, -0.25) is 14.6 Å². The average molecular weight is 529 g/mol. The molecule has 0 aliphatic rings. The lowest BCUT2D eigenvalue weighted by Gasteiger charge is -2.31. The van der Waals surface area contributed by atoms with Crippen molar-refractivity contribution in [3.05, 3.63) is 120 Å². The Hall–Kier alpha value is -4.79. The average Bonchev–Trinajstić information content (AvgIpc) is 2.99. The summed E-state index contributed by atoms with van der Waals surface area (Å²) < 4.78 is 24.6. The summed E-state index contributed by atoms with van der Waals surface area (Å²) in [5.74, 6) is -0.196. The largest absolute Gasteiger partial charge is 0.493 e. The van der Waals surface area contributed by atoms with Crippen molar-refractivity contribution < 1.29 is 23.5 Å². The number of carbonyl (C=O) groups is 2. The van der Waals surface area contributed by atoms with Gasteiger partial charge in [0.2, 0.25) is 5.91 Å². The van der Waals surface area contributed by atoms with Gasteiger partial charge < -0.3 is 19.7 Å². The van der Waals surface area contributed by atoms with Crippen molar-refractivity contribution in [2.24, 2.45) is 0 Å². The van der Waals surface area contributed by atoms with Gasteiger partial charge >= 0.3 is 0 Å². The molecule has 3 aromatic carbocycles. The molecule has 0 aliphatic heterocycles. The summed E-state index contributed by atoms with van der Waals surface area (Å²) in [5.41, 5.74) is 2.33. The third kappa shape index (κ3) is 6.95. The summed E-state index contributed by atoms with van der Waals surface area (Å²) in [4.78, 5) is 37.1. The number of aromatic nitrogens is 2. The molecule has 0 fully saturated rings. The van der Waals surface area contributed by atoms with E-state index in [4.69, 9.17) is 9.47 Å². The normalized spacial score (nSPS) is 11.4. The quantitative estimate of drug-likeness (QED) is 0.311. The van der Waals surface area contributed by atoms with Crippen molar-refractivity contribution in [1.29, 1.82) is 0 Å². The molecule has 0 aliphatic carbocycles. The number of hydrogen-bond acceptors (Lipinski definition) is 6. The Bertz CT molecular complexity index is 1390. The number of halogens is 1. The minimum absolute atomic E-state index is 0.0905. The first-order chi connectivity index (χ1) is 19.0. The first kappa shape index (κ1) is 27.3. The maximum absolute atomic E-state index is 13.8. The second-order valence-corrected chi connectivity index (χ2v) is 8.69. The van der Waals surface area contributed by atoms with Crippen LogP contribution in [-0.2, 0) is 17.8 Å². The van der Waals surface area contributed by atoms with E-state index in [2.05, 4.69) is 15.3 Å². The predicted octanol–water partition coefficient (Wildman–Crippen LogP) is 4.38. The minimum atomic E-state index is -1.05. The Morgan fingerprint density at radius 2 is 1.67 bits per heavy atom. The van der Waals surface area contributed by atoms with Crippen LogP contribution in [-0.4, -0.2) is 47.4 Å². The molecule has 0 bridgehead atoms. The van der Waals surface area contributed by atoms with E-state index in [1.165, 1.54) is 47.8 Å². The van der Waals surface area contributed by atoms with Crippen LogP contribution >= 0.6 is 0 Å². The molecule has 39 heavy (non-hydrogen) atoms.